The summed E-state index contributed by atoms with van der Waals surface area (Å²) in [6.07, 6.45) is 2.79. The molecule has 0 unspecified atom stereocenters. The lowest BCUT2D eigenvalue weighted by atomic mass is 10.3. The SMILES string of the molecule is Cc1ncsc1CC(=O)NC1CC1. The van der Waals surface area contributed by atoms with Crippen molar-refractivity contribution in [1.29, 1.82) is 0 Å². The Balaban J connectivity index is 1.89. The third kappa shape index (κ3) is 2.28. The highest BCUT2D eigenvalue weighted by atomic mass is 32.1. The summed E-state index contributed by atoms with van der Waals surface area (Å²) in [4.78, 5) is 16.6. The van der Waals surface area contributed by atoms with E-state index in [0.29, 0.717) is 12.5 Å². The number of aromatic nitrogens is 1. The third-order valence-corrected chi connectivity index (χ3v) is 3.04. The van der Waals surface area contributed by atoms with Gasteiger partial charge in [0.05, 0.1) is 17.6 Å². The Bertz CT molecular complexity index is 317. The van der Waals surface area contributed by atoms with Crippen LogP contribution in [0.25, 0.3) is 0 Å². The van der Waals surface area contributed by atoms with Gasteiger partial charge in [-0.05, 0) is 19.8 Å². The minimum atomic E-state index is 0.134. The topological polar surface area (TPSA) is 42.0 Å². The molecule has 1 saturated carbocycles. The van der Waals surface area contributed by atoms with Crippen LogP contribution in [0.2, 0.25) is 0 Å². The van der Waals surface area contributed by atoms with Crippen LogP contribution in [-0.2, 0) is 11.2 Å². The van der Waals surface area contributed by atoms with Crippen molar-refractivity contribution in [2.24, 2.45) is 0 Å². The fourth-order valence-corrected chi connectivity index (χ4v) is 1.92. The zero-order chi connectivity index (χ0) is 9.26. The molecule has 1 aliphatic carbocycles. The van der Waals surface area contributed by atoms with Gasteiger partial charge in [-0.1, -0.05) is 0 Å². The summed E-state index contributed by atoms with van der Waals surface area (Å²) in [7, 11) is 0. The summed E-state index contributed by atoms with van der Waals surface area (Å²) in [6, 6.07) is 0.459. The van der Waals surface area contributed by atoms with E-state index in [4.69, 9.17) is 0 Å². The van der Waals surface area contributed by atoms with Gasteiger partial charge in [-0.15, -0.1) is 11.3 Å². The van der Waals surface area contributed by atoms with E-state index in [1.165, 1.54) is 0 Å². The fourth-order valence-electron chi connectivity index (χ4n) is 1.15. The molecule has 1 N–H and O–H groups in total. The van der Waals surface area contributed by atoms with Crippen LogP contribution in [0.1, 0.15) is 23.4 Å². The Hall–Kier alpha value is -0.900. The molecule has 2 rings (SSSR count). The molecule has 70 valence electrons. The number of thiazole rings is 1. The quantitative estimate of drug-likeness (QED) is 0.791. The van der Waals surface area contributed by atoms with Gasteiger partial charge >= 0.3 is 0 Å². The predicted molar refractivity (Wildman–Crippen MR) is 51.7 cm³/mol. The van der Waals surface area contributed by atoms with Gasteiger partial charge in [-0.2, -0.15) is 0 Å². The van der Waals surface area contributed by atoms with Crippen molar-refractivity contribution in [1.82, 2.24) is 10.3 Å². The summed E-state index contributed by atoms with van der Waals surface area (Å²) in [5.41, 5.74) is 2.77. The molecule has 1 heterocycles. The van der Waals surface area contributed by atoms with Crippen molar-refractivity contribution < 1.29 is 4.79 Å². The maximum atomic E-state index is 11.4. The van der Waals surface area contributed by atoms with E-state index in [0.717, 1.165) is 23.4 Å². The number of aryl methyl sites for hydroxylation is 1. The third-order valence-electron chi connectivity index (χ3n) is 2.11. The van der Waals surface area contributed by atoms with Gasteiger partial charge in [0.25, 0.3) is 0 Å². The van der Waals surface area contributed by atoms with Crippen LogP contribution in [0, 0.1) is 6.92 Å². The zero-order valence-corrected chi connectivity index (χ0v) is 8.36. The van der Waals surface area contributed by atoms with Crippen LogP contribution in [-0.4, -0.2) is 16.9 Å². The second kappa shape index (κ2) is 3.46. The number of hydrogen-bond donors (Lipinski definition) is 1. The highest BCUT2D eigenvalue weighted by Crippen LogP contribution is 2.19. The monoisotopic (exact) mass is 196 g/mol. The van der Waals surface area contributed by atoms with Crippen LogP contribution in [0.3, 0.4) is 0 Å². The van der Waals surface area contributed by atoms with Crippen LogP contribution in [0.5, 0.6) is 0 Å². The number of nitrogens with zero attached hydrogens (tertiary/aromatic N) is 1. The van der Waals surface area contributed by atoms with Gasteiger partial charge in [0.15, 0.2) is 0 Å². The normalized spacial score (nSPS) is 15.8. The molecule has 0 aliphatic heterocycles. The summed E-state index contributed by atoms with van der Waals surface area (Å²) in [6.45, 7) is 1.94. The van der Waals surface area contributed by atoms with E-state index >= 15 is 0 Å². The van der Waals surface area contributed by atoms with Crippen molar-refractivity contribution >= 4 is 17.2 Å². The first-order valence-electron chi connectivity index (χ1n) is 4.44. The minimum Gasteiger partial charge on any atom is -0.353 e. The van der Waals surface area contributed by atoms with Crippen LogP contribution in [0.15, 0.2) is 5.51 Å². The molecular formula is C9H12N2OS. The maximum absolute atomic E-state index is 11.4. The molecule has 0 aromatic carbocycles. The predicted octanol–water partition coefficient (Wildman–Crippen LogP) is 1.27. The Morgan fingerprint density at radius 2 is 2.54 bits per heavy atom. The average Bonchev–Trinajstić information content (AvgIpc) is 2.79. The highest BCUT2D eigenvalue weighted by Gasteiger charge is 2.23. The molecule has 1 amide bonds. The maximum Gasteiger partial charge on any atom is 0.225 e. The average molecular weight is 196 g/mol. The first-order chi connectivity index (χ1) is 6.25. The van der Waals surface area contributed by atoms with Crippen molar-refractivity contribution in [3.05, 3.63) is 16.1 Å². The number of amides is 1. The van der Waals surface area contributed by atoms with Gasteiger partial charge in [-0.3, -0.25) is 4.79 Å². The standard InChI is InChI=1S/C9H12N2OS/c1-6-8(13-5-10-6)4-9(12)11-7-2-3-7/h5,7H,2-4H2,1H3,(H,11,12). The molecule has 0 atom stereocenters. The smallest absolute Gasteiger partial charge is 0.225 e. The van der Waals surface area contributed by atoms with E-state index in [1.54, 1.807) is 16.8 Å². The van der Waals surface area contributed by atoms with Gasteiger partial charge in [0, 0.05) is 10.9 Å². The summed E-state index contributed by atoms with van der Waals surface area (Å²) in [5, 5.41) is 2.96. The van der Waals surface area contributed by atoms with Crippen molar-refractivity contribution in [2.75, 3.05) is 0 Å². The van der Waals surface area contributed by atoms with E-state index in [-0.39, 0.29) is 5.91 Å². The number of hydrogen-bond acceptors (Lipinski definition) is 3. The van der Waals surface area contributed by atoms with Gasteiger partial charge < -0.3 is 5.32 Å². The molecule has 1 fully saturated rings. The second-order valence-electron chi connectivity index (χ2n) is 3.38. The Labute approximate surface area is 81.2 Å². The first kappa shape index (κ1) is 8.69. The van der Waals surface area contributed by atoms with E-state index < -0.39 is 0 Å². The molecule has 13 heavy (non-hydrogen) atoms. The lowest BCUT2D eigenvalue weighted by molar-refractivity contribution is -0.120. The van der Waals surface area contributed by atoms with E-state index in [9.17, 15) is 4.79 Å². The number of carbonyl (C=O) groups excluding carboxylic acids is 1. The summed E-state index contributed by atoms with van der Waals surface area (Å²) in [5.74, 6) is 0.134. The zero-order valence-electron chi connectivity index (χ0n) is 7.54. The highest BCUT2D eigenvalue weighted by molar-refractivity contribution is 7.09. The van der Waals surface area contributed by atoms with Crippen LogP contribution >= 0.6 is 11.3 Å². The molecular weight excluding hydrogens is 184 g/mol. The van der Waals surface area contributed by atoms with Crippen LogP contribution in [0.4, 0.5) is 0 Å². The molecule has 0 bridgehead atoms. The largest absolute Gasteiger partial charge is 0.353 e. The van der Waals surface area contributed by atoms with Crippen LogP contribution < -0.4 is 5.32 Å². The fraction of sp³-hybridized carbons (Fsp3) is 0.556. The van der Waals surface area contributed by atoms with Crippen molar-refractivity contribution in [3.8, 4) is 0 Å². The Morgan fingerprint density at radius 1 is 1.77 bits per heavy atom. The van der Waals surface area contributed by atoms with Gasteiger partial charge in [-0.25, -0.2) is 4.98 Å². The summed E-state index contributed by atoms with van der Waals surface area (Å²) >= 11 is 1.55. The lowest BCUT2D eigenvalue weighted by Gasteiger charge is -2.00. The summed E-state index contributed by atoms with van der Waals surface area (Å²) < 4.78 is 0. The molecule has 0 spiro atoms. The Kier molecular flexibility index (Phi) is 2.31. The molecule has 3 nitrogen and oxygen atoms in total. The molecule has 1 aliphatic rings. The van der Waals surface area contributed by atoms with Crippen molar-refractivity contribution in [3.63, 3.8) is 0 Å². The molecule has 0 radical (unpaired) electrons. The number of rotatable bonds is 3. The minimum absolute atomic E-state index is 0.134. The van der Waals surface area contributed by atoms with Gasteiger partial charge in [0.1, 0.15) is 0 Å². The molecule has 4 heteroatoms. The second-order valence-corrected chi connectivity index (χ2v) is 4.32. The molecule has 1 aromatic heterocycles. The molecule has 1 aromatic rings. The van der Waals surface area contributed by atoms with Gasteiger partial charge in [0.2, 0.25) is 5.91 Å². The molecule has 0 saturated heterocycles. The van der Waals surface area contributed by atoms with E-state index in [1.807, 2.05) is 6.92 Å². The van der Waals surface area contributed by atoms with Crippen molar-refractivity contribution in [2.45, 2.75) is 32.2 Å². The lowest BCUT2D eigenvalue weighted by Crippen LogP contribution is -2.26. The first-order valence-corrected chi connectivity index (χ1v) is 5.32. The number of carbonyl (C=O) groups is 1. The Morgan fingerprint density at radius 3 is 3.08 bits per heavy atom. The van der Waals surface area contributed by atoms with E-state index in [2.05, 4.69) is 10.3 Å². The number of nitrogens with one attached hydrogen (secondary N) is 1.